The minimum absolute atomic E-state index is 0.313. The van der Waals surface area contributed by atoms with Crippen LogP contribution in [0.4, 0.5) is 0 Å². The van der Waals surface area contributed by atoms with E-state index in [9.17, 15) is 14.7 Å². The molecule has 0 bridgehead atoms. The van der Waals surface area contributed by atoms with Gasteiger partial charge in [-0.2, -0.15) is 0 Å². The second kappa shape index (κ2) is 12.8. The molecule has 45 heavy (non-hydrogen) atoms. The van der Waals surface area contributed by atoms with Gasteiger partial charge < -0.3 is 15.0 Å². The molecule has 5 aromatic rings. The summed E-state index contributed by atoms with van der Waals surface area (Å²) in [5, 5.41) is 12.7. The van der Waals surface area contributed by atoms with Crippen LogP contribution >= 0.6 is 0 Å². The molecule has 2 aliphatic carbocycles. The molecule has 0 unspecified atom stereocenters. The van der Waals surface area contributed by atoms with Gasteiger partial charge in [0, 0.05) is 22.7 Å². The predicted molar refractivity (Wildman–Crippen MR) is 176 cm³/mol. The van der Waals surface area contributed by atoms with Crippen molar-refractivity contribution in [3.05, 3.63) is 78.5 Å². The van der Waals surface area contributed by atoms with Crippen molar-refractivity contribution in [1.29, 1.82) is 0 Å². The van der Waals surface area contributed by atoms with Crippen molar-refractivity contribution in [2.45, 2.75) is 82.7 Å². The maximum absolute atomic E-state index is 13.4. The number of carboxylic acid groups (broad SMARTS) is 1. The van der Waals surface area contributed by atoms with Crippen LogP contribution in [-0.4, -0.2) is 42.5 Å². The minimum atomic E-state index is -0.978. The summed E-state index contributed by atoms with van der Waals surface area (Å²) in [5.74, 6) is -0.155. The zero-order valence-electron chi connectivity index (χ0n) is 25.5. The SMILES string of the molecule is O=C(N[C@@H](CC1CCCCC1)C(=O)O)c1ccc2c(c1)nc(-c1ccc3nc(-c4ccccc4)cnc3c1)n2C1CCCCC1. The molecule has 2 saturated carbocycles. The predicted octanol–water partition coefficient (Wildman–Crippen LogP) is 7.97. The molecule has 2 fully saturated rings. The first kappa shape index (κ1) is 29.1. The Bertz CT molecular complexity index is 1840. The summed E-state index contributed by atoms with van der Waals surface area (Å²) in [5.41, 5.74) is 6.57. The summed E-state index contributed by atoms with van der Waals surface area (Å²) in [6.07, 6.45) is 13.6. The number of nitrogens with zero attached hydrogens (tertiary/aromatic N) is 4. The Morgan fingerprint density at radius 1 is 0.800 bits per heavy atom. The van der Waals surface area contributed by atoms with E-state index in [2.05, 4.69) is 16.0 Å². The molecule has 0 saturated heterocycles. The third-order valence-electron chi connectivity index (χ3n) is 9.66. The molecule has 2 N–H and O–H groups in total. The first-order chi connectivity index (χ1) is 22.0. The number of carbonyl (C=O) groups is 2. The van der Waals surface area contributed by atoms with Crippen molar-refractivity contribution in [3.8, 4) is 22.6 Å². The summed E-state index contributed by atoms with van der Waals surface area (Å²) in [6, 6.07) is 21.2. The lowest BCUT2D eigenvalue weighted by Crippen LogP contribution is -2.42. The largest absolute Gasteiger partial charge is 0.480 e. The Morgan fingerprint density at radius 3 is 2.31 bits per heavy atom. The van der Waals surface area contributed by atoms with E-state index >= 15 is 0 Å². The standard InChI is InChI=1S/C37H39N5O3/c43-36(41-32(37(44)45)20-24-10-4-1-5-11-24)27-17-19-34-31(22-27)40-35(42(34)28-14-8-3-9-15-28)26-16-18-29-30(21-26)38-23-33(39-29)25-12-6-2-7-13-25/h2,6-7,12-13,16-19,21-24,28,32H,1,3-5,8-11,14-15,20H2,(H,41,43)(H,44,45)/t32-/m0/s1. The van der Waals surface area contributed by atoms with E-state index in [0.717, 1.165) is 83.2 Å². The van der Waals surface area contributed by atoms with Gasteiger partial charge >= 0.3 is 5.97 Å². The number of amides is 1. The van der Waals surface area contributed by atoms with Crippen molar-refractivity contribution < 1.29 is 14.7 Å². The van der Waals surface area contributed by atoms with Crippen molar-refractivity contribution in [2.75, 3.05) is 0 Å². The number of nitrogens with one attached hydrogen (secondary N) is 1. The zero-order valence-corrected chi connectivity index (χ0v) is 25.5. The van der Waals surface area contributed by atoms with Gasteiger partial charge in [-0.15, -0.1) is 0 Å². The fraction of sp³-hybridized carbons (Fsp3) is 0.378. The van der Waals surface area contributed by atoms with E-state index < -0.39 is 12.0 Å². The number of aliphatic carboxylic acids is 1. The molecule has 0 spiro atoms. The number of imidazole rings is 1. The average molecular weight is 602 g/mol. The molecule has 2 aliphatic rings. The number of benzene rings is 3. The molecule has 2 heterocycles. The highest BCUT2D eigenvalue weighted by atomic mass is 16.4. The summed E-state index contributed by atoms with van der Waals surface area (Å²) in [6.45, 7) is 0. The van der Waals surface area contributed by atoms with Crippen molar-refractivity contribution in [2.24, 2.45) is 5.92 Å². The van der Waals surface area contributed by atoms with Crippen LogP contribution in [0.15, 0.2) is 72.9 Å². The van der Waals surface area contributed by atoms with E-state index in [0.29, 0.717) is 23.9 Å². The van der Waals surface area contributed by atoms with Gasteiger partial charge in [0.05, 0.1) is 34.0 Å². The van der Waals surface area contributed by atoms with Crippen LogP contribution in [0.1, 0.15) is 87.0 Å². The molecule has 0 aliphatic heterocycles. The lowest BCUT2D eigenvalue weighted by atomic mass is 9.85. The van der Waals surface area contributed by atoms with Gasteiger partial charge in [-0.25, -0.2) is 14.8 Å². The second-order valence-electron chi connectivity index (χ2n) is 12.7. The zero-order chi connectivity index (χ0) is 30.8. The number of hydrogen-bond acceptors (Lipinski definition) is 5. The monoisotopic (exact) mass is 601 g/mol. The van der Waals surface area contributed by atoms with Gasteiger partial charge in [0.15, 0.2) is 0 Å². The highest BCUT2D eigenvalue weighted by molar-refractivity contribution is 5.99. The summed E-state index contributed by atoms with van der Waals surface area (Å²) >= 11 is 0. The Balaban J connectivity index is 1.22. The number of carbonyl (C=O) groups excluding carboxylic acids is 1. The Morgan fingerprint density at radius 2 is 1.56 bits per heavy atom. The van der Waals surface area contributed by atoms with Gasteiger partial charge in [0.1, 0.15) is 11.9 Å². The minimum Gasteiger partial charge on any atom is -0.480 e. The summed E-state index contributed by atoms with van der Waals surface area (Å²) in [4.78, 5) is 40.2. The van der Waals surface area contributed by atoms with E-state index in [-0.39, 0.29) is 5.91 Å². The highest BCUT2D eigenvalue weighted by Crippen LogP contribution is 2.37. The first-order valence-electron chi connectivity index (χ1n) is 16.4. The van der Waals surface area contributed by atoms with E-state index in [4.69, 9.17) is 15.0 Å². The van der Waals surface area contributed by atoms with Crippen LogP contribution in [0.2, 0.25) is 0 Å². The average Bonchev–Trinajstić information content (AvgIpc) is 3.47. The molecule has 8 heteroatoms. The van der Waals surface area contributed by atoms with Gasteiger partial charge in [-0.05, 0) is 61.6 Å². The van der Waals surface area contributed by atoms with Crippen LogP contribution in [0, 0.1) is 5.92 Å². The van der Waals surface area contributed by atoms with Gasteiger partial charge in [0.2, 0.25) is 0 Å². The molecule has 2 aromatic heterocycles. The van der Waals surface area contributed by atoms with Gasteiger partial charge in [-0.3, -0.25) is 9.78 Å². The van der Waals surface area contributed by atoms with Crippen LogP contribution in [0.3, 0.4) is 0 Å². The third-order valence-corrected chi connectivity index (χ3v) is 9.66. The second-order valence-corrected chi connectivity index (χ2v) is 12.7. The Hall–Kier alpha value is -4.59. The Labute approximate surface area is 262 Å². The molecule has 1 amide bonds. The maximum Gasteiger partial charge on any atom is 0.326 e. The van der Waals surface area contributed by atoms with Crippen LogP contribution < -0.4 is 5.32 Å². The number of aromatic nitrogens is 4. The topological polar surface area (TPSA) is 110 Å². The quantitative estimate of drug-likeness (QED) is 0.187. The molecule has 1 atom stereocenters. The molecule has 230 valence electrons. The van der Waals surface area contributed by atoms with Crippen LogP contribution in [-0.2, 0) is 4.79 Å². The maximum atomic E-state index is 13.4. The molecule has 7 rings (SSSR count). The smallest absolute Gasteiger partial charge is 0.326 e. The van der Waals surface area contributed by atoms with Crippen LogP contribution in [0.25, 0.3) is 44.7 Å². The molecule has 0 radical (unpaired) electrons. The van der Waals surface area contributed by atoms with E-state index in [1.54, 1.807) is 12.1 Å². The third kappa shape index (κ3) is 6.19. The van der Waals surface area contributed by atoms with E-state index in [1.165, 1.54) is 25.7 Å². The summed E-state index contributed by atoms with van der Waals surface area (Å²) in [7, 11) is 0. The number of rotatable bonds is 8. The summed E-state index contributed by atoms with van der Waals surface area (Å²) < 4.78 is 2.34. The highest BCUT2D eigenvalue weighted by Gasteiger charge is 2.27. The van der Waals surface area contributed by atoms with Crippen molar-refractivity contribution >= 4 is 33.9 Å². The lowest BCUT2D eigenvalue weighted by Gasteiger charge is -2.26. The first-order valence-corrected chi connectivity index (χ1v) is 16.4. The fourth-order valence-electron chi connectivity index (χ4n) is 7.27. The van der Waals surface area contributed by atoms with Crippen LogP contribution in [0.5, 0.6) is 0 Å². The molecule has 8 nitrogen and oxygen atoms in total. The number of carboxylic acids is 1. The Kier molecular flexibility index (Phi) is 8.29. The van der Waals surface area contributed by atoms with E-state index in [1.807, 2.05) is 54.7 Å². The molecular formula is C37H39N5O3. The molecule has 3 aromatic carbocycles. The van der Waals surface area contributed by atoms with Crippen molar-refractivity contribution in [1.82, 2.24) is 24.8 Å². The van der Waals surface area contributed by atoms with Gasteiger partial charge in [-0.1, -0.05) is 81.7 Å². The lowest BCUT2D eigenvalue weighted by molar-refractivity contribution is -0.139. The number of hydrogen-bond donors (Lipinski definition) is 2. The van der Waals surface area contributed by atoms with Crippen molar-refractivity contribution in [3.63, 3.8) is 0 Å². The molecular weight excluding hydrogens is 562 g/mol. The normalized spacial score (nSPS) is 17.0. The van der Waals surface area contributed by atoms with Gasteiger partial charge in [0.25, 0.3) is 5.91 Å². The fourth-order valence-corrected chi connectivity index (χ4v) is 7.27. The number of fused-ring (bicyclic) bond motifs is 2.